The standard InChI is InChI=1S/C18H20N2O6S2/c1-12-17(27-13(2)19-12)18(22)26-11-16(21)14-3-5-15(6-4-14)28(23,24)20-7-9-25-10-8-20/h3-6H,7-11H2,1-2H3. The van der Waals surface area contributed by atoms with Crippen molar-refractivity contribution in [2.45, 2.75) is 18.7 Å². The van der Waals surface area contributed by atoms with E-state index in [4.69, 9.17) is 9.47 Å². The third kappa shape index (κ3) is 4.46. The second kappa shape index (κ2) is 8.48. The van der Waals surface area contributed by atoms with Crippen molar-refractivity contribution in [1.82, 2.24) is 9.29 Å². The lowest BCUT2D eigenvalue weighted by atomic mass is 10.1. The van der Waals surface area contributed by atoms with Gasteiger partial charge in [-0.05, 0) is 38.1 Å². The van der Waals surface area contributed by atoms with Gasteiger partial charge in [0.2, 0.25) is 10.0 Å². The molecule has 2 aromatic rings. The van der Waals surface area contributed by atoms with Crippen LogP contribution in [-0.2, 0) is 19.5 Å². The van der Waals surface area contributed by atoms with Gasteiger partial charge in [-0.15, -0.1) is 11.3 Å². The quantitative estimate of drug-likeness (QED) is 0.515. The second-order valence-electron chi connectivity index (χ2n) is 6.19. The Balaban J connectivity index is 1.63. The average Bonchev–Trinajstić information content (AvgIpc) is 3.04. The lowest BCUT2D eigenvalue weighted by Crippen LogP contribution is -2.40. The zero-order valence-corrected chi connectivity index (χ0v) is 17.1. The fraction of sp³-hybridized carbons (Fsp3) is 0.389. The summed E-state index contributed by atoms with van der Waals surface area (Å²) in [5, 5.41) is 0.743. The summed E-state index contributed by atoms with van der Waals surface area (Å²) in [4.78, 5) is 29.0. The number of ketones is 1. The second-order valence-corrected chi connectivity index (χ2v) is 9.33. The molecule has 1 aromatic carbocycles. The lowest BCUT2D eigenvalue weighted by Gasteiger charge is -2.26. The van der Waals surface area contributed by atoms with Gasteiger partial charge in [-0.2, -0.15) is 4.31 Å². The van der Waals surface area contributed by atoms with E-state index in [1.807, 2.05) is 0 Å². The number of Topliss-reactive ketones (excluding diaryl/α,β-unsaturated/α-hetero) is 1. The maximum atomic E-state index is 12.6. The number of carbonyl (C=O) groups is 2. The first-order chi connectivity index (χ1) is 13.3. The van der Waals surface area contributed by atoms with Gasteiger partial charge in [-0.25, -0.2) is 18.2 Å². The molecule has 1 aliphatic rings. The summed E-state index contributed by atoms with van der Waals surface area (Å²) in [5.74, 6) is -1.01. The molecule has 0 saturated carbocycles. The minimum Gasteiger partial charge on any atom is -0.453 e. The monoisotopic (exact) mass is 424 g/mol. The summed E-state index contributed by atoms with van der Waals surface area (Å²) in [6.07, 6.45) is 0. The predicted octanol–water partition coefficient (Wildman–Crippen LogP) is 1.82. The molecule has 10 heteroatoms. The zero-order valence-electron chi connectivity index (χ0n) is 15.5. The first kappa shape index (κ1) is 20.6. The fourth-order valence-electron chi connectivity index (χ4n) is 2.75. The van der Waals surface area contributed by atoms with E-state index in [1.54, 1.807) is 13.8 Å². The molecule has 1 aliphatic heterocycles. The molecule has 1 saturated heterocycles. The van der Waals surface area contributed by atoms with E-state index >= 15 is 0 Å². The first-order valence-corrected chi connectivity index (χ1v) is 10.9. The van der Waals surface area contributed by atoms with Crippen molar-refractivity contribution in [3.05, 3.63) is 45.4 Å². The number of hydrogen-bond acceptors (Lipinski definition) is 8. The van der Waals surface area contributed by atoms with Crippen LogP contribution in [0.1, 0.15) is 30.7 Å². The van der Waals surface area contributed by atoms with E-state index in [0.717, 1.165) is 5.01 Å². The van der Waals surface area contributed by atoms with Crippen molar-refractivity contribution >= 4 is 33.1 Å². The number of ether oxygens (including phenoxy) is 2. The molecule has 2 heterocycles. The van der Waals surface area contributed by atoms with Gasteiger partial charge in [0.15, 0.2) is 12.4 Å². The highest BCUT2D eigenvalue weighted by molar-refractivity contribution is 7.89. The summed E-state index contributed by atoms with van der Waals surface area (Å²) in [7, 11) is -3.62. The summed E-state index contributed by atoms with van der Waals surface area (Å²) in [6.45, 7) is 4.39. The molecule has 0 atom stereocenters. The Hall–Kier alpha value is -2.14. The summed E-state index contributed by atoms with van der Waals surface area (Å²) < 4.78 is 36.8. The van der Waals surface area contributed by atoms with Crippen LogP contribution in [0.5, 0.6) is 0 Å². The van der Waals surface area contributed by atoms with Crippen molar-refractivity contribution in [1.29, 1.82) is 0 Å². The van der Waals surface area contributed by atoms with E-state index in [-0.39, 0.29) is 10.5 Å². The van der Waals surface area contributed by atoms with Crippen LogP contribution in [0.4, 0.5) is 0 Å². The number of aromatic nitrogens is 1. The largest absolute Gasteiger partial charge is 0.453 e. The van der Waals surface area contributed by atoms with Crippen LogP contribution in [0.2, 0.25) is 0 Å². The Morgan fingerprint density at radius 3 is 2.39 bits per heavy atom. The molecule has 150 valence electrons. The van der Waals surface area contributed by atoms with Crippen LogP contribution in [0.25, 0.3) is 0 Å². The molecular weight excluding hydrogens is 404 g/mol. The number of aryl methyl sites for hydroxylation is 2. The Labute approximate surface area is 167 Å². The van der Waals surface area contributed by atoms with Crippen LogP contribution >= 0.6 is 11.3 Å². The van der Waals surface area contributed by atoms with Gasteiger partial charge in [0, 0.05) is 18.7 Å². The highest BCUT2D eigenvalue weighted by Gasteiger charge is 2.26. The molecule has 0 N–H and O–H groups in total. The van der Waals surface area contributed by atoms with Gasteiger partial charge >= 0.3 is 5.97 Å². The van der Waals surface area contributed by atoms with Crippen molar-refractivity contribution in [3.63, 3.8) is 0 Å². The molecule has 1 fully saturated rings. The molecule has 8 nitrogen and oxygen atoms in total. The molecule has 28 heavy (non-hydrogen) atoms. The van der Waals surface area contributed by atoms with Crippen molar-refractivity contribution < 1.29 is 27.5 Å². The predicted molar refractivity (Wildman–Crippen MR) is 102 cm³/mol. The molecule has 3 rings (SSSR count). The zero-order chi connectivity index (χ0) is 20.3. The SMILES string of the molecule is Cc1nc(C)c(C(=O)OCC(=O)c2ccc(S(=O)(=O)N3CCOCC3)cc2)s1. The molecule has 0 aliphatic carbocycles. The highest BCUT2D eigenvalue weighted by Crippen LogP contribution is 2.19. The van der Waals surface area contributed by atoms with Crippen molar-refractivity contribution in [3.8, 4) is 0 Å². The topological polar surface area (TPSA) is 103 Å². The number of benzene rings is 1. The van der Waals surface area contributed by atoms with Gasteiger partial charge in [0.05, 0.1) is 28.8 Å². The Morgan fingerprint density at radius 1 is 1.18 bits per heavy atom. The Bertz CT molecular complexity index is 976. The van der Waals surface area contributed by atoms with E-state index < -0.39 is 28.4 Å². The molecule has 0 bridgehead atoms. The lowest BCUT2D eigenvalue weighted by molar-refractivity contribution is 0.0478. The third-order valence-electron chi connectivity index (χ3n) is 4.21. The van der Waals surface area contributed by atoms with Crippen molar-refractivity contribution in [2.24, 2.45) is 0 Å². The maximum absolute atomic E-state index is 12.6. The number of thiazole rings is 1. The van der Waals surface area contributed by atoms with Crippen molar-refractivity contribution in [2.75, 3.05) is 32.9 Å². The molecule has 0 spiro atoms. The normalized spacial score (nSPS) is 15.4. The van der Waals surface area contributed by atoms with Crippen LogP contribution in [0, 0.1) is 13.8 Å². The number of sulfonamides is 1. The van der Waals surface area contributed by atoms with Gasteiger partial charge in [0.25, 0.3) is 0 Å². The average molecular weight is 425 g/mol. The smallest absolute Gasteiger partial charge is 0.350 e. The van der Waals surface area contributed by atoms with Crippen LogP contribution in [-0.4, -0.2) is 62.4 Å². The van der Waals surface area contributed by atoms with Crippen LogP contribution in [0.15, 0.2) is 29.2 Å². The van der Waals surface area contributed by atoms with Gasteiger partial charge in [-0.1, -0.05) is 0 Å². The van der Waals surface area contributed by atoms with E-state index in [0.29, 0.717) is 36.9 Å². The summed E-state index contributed by atoms with van der Waals surface area (Å²) in [6, 6.07) is 5.62. The van der Waals surface area contributed by atoms with Crippen LogP contribution < -0.4 is 0 Å². The number of rotatable bonds is 6. The minimum atomic E-state index is -3.62. The summed E-state index contributed by atoms with van der Waals surface area (Å²) in [5.41, 5.74) is 0.837. The maximum Gasteiger partial charge on any atom is 0.350 e. The Kier molecular flexibility index (Phi) is 6.23. The first-order valence-electron chi connectivity index (χ1n) is 8.61. The van der Waals surface area contributed by atoms with E-state index in [9.17, 15) is 18.0 Å². The number of esters is 1. The molecule has 0 amide bonds. The molecular formula is C18H20N2O6S2. The number of nitrogens with zero attached hydrogens (tertiary/aromatic N) is 2. The van der Waals surface area contributed by atoms with Gasteiger partial charge in [-0.3, -0.25) is 4.79 Å². The van der Waals surface area contributed by atoms with Crippen LogP contribution in [0.3, 0.4) is 0 Å². The molecule has 0 unspecified atom stereocenters. The van der Waals surface area contributed by atoms with Gasteiger partial charge in [0.1, 0.15) is 4.88 Å². The third-order valence-corrected chi connectivity index (χ3v) is 7.17. The van der Waals surface area contributed by atoms with E-state index in [2.05, 4.69) is 4.98 Å². The van der Waals surface area contributed by atoms with Gasteiger partial charge < -0.3 is 9.47 Å². The molecule has 1 aromatic heterocycles. The Morgan fingerprint density at radius 2 is 1.82 bits per heavy atom. The highest BCUT2D eigenvalue weighted by atomic mass is 32.2. The number of morpholine rings is 1. The number of hydrogen-bond donors (Lipinski definition) is 0. The summed E-state index contributed by atoms with van der Waals surface area (Å²) >= 11 is 1.21. The molecule has 0 radical (unpaired) electrons. The fourth-order valence-corrected chi connectivity index (χ4v) is 4.97. The minimum absolute atomic E-state index is 0.110. The number of carbonyl (C=O) groups excluding carboxylic acids is 2. The van der Waals surface area contributed by atoms with E-state index in [1.165, 1.54) is 39.9 Å².